The zero-order valence-electron chi connectivity index (χ0n) is 14.8. The van der Waals surface area contributed by atoms with Crippen LogP contribution in [-0.4, -0.2) is 40.6 Å². The predicted molar refractivity (Wildman–Crippen MR) is 91.5 cm³/mol. The fourth-order valence-electron chi connectivity index (χ4n) is 2.74. The molecule has 2 rings (SSSR count). The number of carbonyl (C=O) groups excluding carboxylic acids is 1. The second kappa shape index (κ2) is 8.11. The van der Waals surface area contributed by atoms with E-state index in [9.17, 15) is 4.79 Å². The lowest BCUT2D eigenvalue weighted by Crippen LogP contribution is -2.33. The first-order chi connectivity index (χ1) is 10.3. The van der Waals surface area contributed by atoms with E-state index in [1.807, 2.05) is 11.9 Å². The molecule has 0 aliphatic carbocycles. The van der Waals surface area contributed by atoms with Gasteiger partial charge in [0.1, 0.15) is 6.04 Å². The molecule has 2 heterocycles. The van der Waals surface area contributed by atoms with Gasteiger partial charge >= 0.3 is 0 Å². The van der Waals surface area contributed by atoms with E-state index >= 15 is 0 Å². The number of likely N-dealkylation sites (tertiary alicyclic amines) is 1. The van der Waals surface area contributed by atoms with Crippen molar-refractivity contribution in [1.29, 1.82) is 0 Å². The van der Waals surface area contributed by atoms with E-state index in [0.717, 1.165) is 25.8 Å². The SMILES string of the molecule is CNC(C)Cc1noc(C2CCCN2C(=O)CC(C)(C)C)n1.Cl. The summed E-state index contributed by atoms with van der Waals surface area (Å²) in [5.74, 6) is 1.46. The average molecular weight is 345 g/mol. The standard InChI is InChI=1S/C16H28N4O2.ClH/c1-11(17-5)9-13-18-15(22-19-13)12-7-6-8-20(12)14(21)10-16(2,3)4;/h11-12,17H,6-10H2,1-5H3;1H. The Morgan fingerprint density at radius 1 is 1.48 bits per heavy atom. The lowest BCUT2D eigenvalue weighted by molar-refractivity contribution is -0.134. The second-order valence-electron chi connectivity index (χ2n) is 7.43. The molecule has 6 nitrogen and oxygen atoms in total. The minimum atomic E-state index is -0.0546. The molecule has 23 heavy (non-hydrogen) atoms. The Bertz CT molecular complexity index is 512. The van der Waals surface area contributed by atoms with Crippen molar-refractivity contribution in [3.63, 3.8) is 0 Å². The van der Waals surface area contributed by atoms with Crippen molar-refractivity contribution in [3.8, 4) is 0 Å². The topological polar surface area (TPSA) is 71.3 Å². The number of rotatable bonds is 5. The Labute approximate surface area is 144 Å². The third kappa shape index (κ3) is 5.46. The van der Waals surface area contributed by atoms with Crippen molar-refractivity contribution < 1.29 is 9.32 Å². The Morgan fingerprint density at radius 2 is 2.17 bits per heavy atom. The number of nitrogens with zero attached hydrogens (tertiary/aromatic N) is 3. The molecule has 132 valence electrons. The Kier molecular flexibility index (Phi) is 7.02. The van der Waals surface area contributed by atoms with Crippen LogP contribution in [0.3, 0.4) is 0 Å². The number of nitrogens with one attached hydrogen (secondary N) is 1. The van der Waals surface area contributed by atoms with E-state index in [2.05, 4.69) is 43.2 Å². The monoisotopic (exact) mass is 344 g/mol. The van der Waals surface area contributed by atoms with Crippen molar-refractivity contribution in [2.24, 2.45) is 5.41 Å². The van der Waals surface area contributed by atoms with E-state index in [1.165, 1.54) is 0 Å². The number of carbonyl (C=O) groups is 1. The van der Waals surface area contributed by atoms with E-state index < -0.39 is 0 Å². The molecule has 1 amide bonds. The molecule has 2 unspecified atom stereocenters. The Hall–Kier alpha value is -1.14. The predicted octanol–water partition coefficient (Wildman–Crippen LogP) is 2.74. The second-order valence-corrected chi connectivity index (χ2v) is 7.43. The summed E-state index contributed by atoms with van der Waals surface area (Å²) in [4.78, 5) is 18.9. The molecule has 1 aromatic rings. The molecule has 1 N–H and O–H groups in total. The van der Waals surface area contributed by atoms with Gasteiger partial charge in [0.2, 0.25) is 11.8 Å². The highest BCUT2D eigenvalue weighted by Crippen LogP contribution is 2.33. The summed E-state index contributed by atoms with van der Waals surface area (Å²) in [5.41, 5.74) is -0.00749. The maximum absolute atomic E-state index is 12.5. The first-order valence-corrected chi connectivity index (χ1v) is 8.09. The molecule has 0 bridgehead atoms. The molecule has 1 fully saturated rings. The Morgan fingerprint density at radius 3 is 2.78 bits per heavy atom. The van der Waals surface area contributed by atoms with E-state index in [-0.39, 0.29) is 29.8 Å². The smallest absolute Gasteiger partial charge is 0.249 e. The van der Waals surface area contributed by atoms with Gasteiger partial charge in [-0.25, -0.2) is 0 Å². The molecule has 1 aliphatic heterocycles. The largest absolute Gasteiger partial charge is 0.337 e. The molecule has 2 atom stereocenters. The van der Waals surface area contributed by atoms with Crippen molar-refractivity contribution in [2.75, 3.05) is 13.6 Å². The summed E-state index contributed by atoms with van der Waals surface area (Å²) in [7, 11) is 1.91. The van der Waals surface area contributed by atoms with Crippen molar-refractivity contribution in [3.05, 3.63) is 11.7 Å². The number of hydrogen-bond acceptors (Lipinski definition) is 5. The zero-order valence-corrected chi connectivity index (χ0v) is 15.6. The van der Waals surface area contributed by atoms with Crippen LogP contribution in [0.5, 0.6) is 0 Å². The van der Waals surface area contributed by atoms with Crippen molar-refractivity contribution in [2.45, 2.75) is 65.5 Å². The van der Waals surface area contributed by atoms with Crippen LogP contribution >= 0.6 is 12.4 Å². The van der Waals surface area contributed by atoms with Gasteiger partial charge in [-0.05, 0) is 32.2 Å². The molecule has 1 aromatic heterocycles. The Balaban J connectivity index is 0.00000264. The van der Waals surface area contributed by atoms with Gasteiger partial charge in [-0.1, -0.05) is 25.9 Å². The maximum atomic E-state index is 12.5. The molecule has 0 saturated carbocycles. The van der Waals surface area contributed by atoms with Gasteiger partial charge in [0, 0.05) is 25.4 Å². The summed E-state index contributed by atoms with van der Waals surface area (Å²) >= 11 is 0. The lowest BCUT2D eigenvalue weighted by atomic mass is 9.91. The summed E-state index contributed by atoms with van der Waals surface area (Å²) in [5, 5.41) is 7.21. The van der Waals surface area contributed by atoms with E-state index in [1.54, 1.807) is 0 Å². The third-order valence-corrected chi connectivity index (χ3v) is 4.01. The summed E-state index contributed by atoms with van der Waals surface area (Å²) < 4.78 is 5.42. The average Bonchev–Trinajstić information content (AvgIpc) is 3.04. The van der Waals surface area contributed by atoms with Crippen LogP contribution in [0.4, 0.5) is 0 Å². The zero-order chi connectivity index (χ0) is 16.3. The molecule has 0 aromatic carbocycles. The number of likely N-dealkylation sites (N-methyl/N-ethyl adjacent to an activating group) is 1. The van der Waals surface area contributed by atoms with Gasteiger partial charge in [0.05, 0.1) is 0 Å². The first kappa shape index (κ1) is 19.9. The van der Waals surface area contributed by atoms with Crippen LogP contribution in [-0.2, 0) is 11.2 Å². The van der Waals surface area contributed by atoms with Crippen molar-refractivity contribution >= 4 is 18.3 Å². The highest BCUT2D eigenvalue weighted by Gasteiger charge is 2.35. The van der Waals surface area contributed by atoms with Gasteiger partial charge in [-0.2, -0.15) is 4.98 Å². The molecule has 1 aliphatic rings. The molecule has 0 radical (unpaired) electrons. The minimum absolute atomic E-state index is 0. The minimum Gasteiger partial charge on any atom is -0.337 e. The molecule has 0 spiro atoms. The summed E-state index contributed by atoms with van der Waals surface area (Å²) in [6, 6.07) is 0.244. The third-order valence-electron chi connectivity index (χ3n) is 4.01. The summed E-state index contributed by atoms with van der Waals surface area (Å²) in [6.07, 6.45) is 3.16. The van der Waals surface area contributed by atoms with Gasteiger partial charge in [0.25, 0.3) is 0 Å². The van der Waals surface area contributed by atoms with E-state index in [4.69, 9.17) is 4.52 Å². The molecule has 1 saturated heterocycles. The quantitative estimate of drug-likeness (QED) is 0.889. The number of amides is 1. The van der Waals surface area contributed by atoms with Gasteiger partial charge < -0.3 is 14.7 Å². The van der Waals surface area contributed by atoms with Gasteiger partial charge in [0.15, 0.2) is 5.82 Å². The molecular formula is C16H29ClN4O2. The normalized spacial score (nSPS) is 19.5. The van der Waals surface area contributed by atoms with Crippen LogP contribution in [0.2, 0.25) is 0 Å². The number of hydrogen-bond donors (Lipinski definition) is 1. The van der Waals surface area contributed by atoms with Crippen LogP contribution < -0.4 is 5.32 Å². The van der Waals surface area contributed by atoms with E-state index in [0.29, 0.717) is 24.2 Å². The highest BCUT2D eigenvalue weighted by atomic mass is 35.5. The van der Waals surface area contributed by atoms with Gasteiger partial charge in [-0.3, -0.25) is 4.79 Å². The number of halogens is 1. The van der Waals surface area contributed by atoms with Crippen molar-refractivity contribution in [1.82, 2.24) is 20.4 Å². The maximum Gasteiger partial charge on any atom is 0.249 e. The fraction of sp³-hybridized carbons (Fsp3) is 0.812. The lowest BCUT2D eigenvalue weighted by Gasteiger charge is -2.26. The van der Waals surface area contributed by atoms with Crippen LogP contribution in [0.1, 0.15) is 64.7 Å². The molecule has 7 heteroatoms. The van der Waals surface area contributed by atoms with Crippen LogP contribution in [0.25, 0.3) is 0 Å². The first-order valence-electron chi connectivity index (χ1n) is 8.09. The highest BCUT2D eigenvalue weighted by molar-refractivity contribution is 5.85. The van der Waals surface area contributed by atoms with Crippen LogP contribution in [0, 0.1) is 5.41 Å². The van der Waals surface area contributed by atoms with Gasteiger partial charge in [-0.15, -0.1) is 12.4 Å². The van der Waals surface area contributed by atoms with Crippen LogP contribution in [0.15, 0.2) is 4.52 Å². The summed E-state index contributed by atoms with van der Waals surface area (Å²) in [6.45, 7) is 9.11. The fourth-order valence-corrected chi connectivity index (χ4v) is 2.74. The number of aromatic nitrogens is 2. The molecular weight excluding hydrogens is 316 g/mol.